The number of hydrogen-bond acceptors (Lipinski definition) is 9. The molecule has 6 N–H and O–H groups in total. The lowest BCUT2D eigenvalue weighted by Gasteiger charge is -2.26. The van der Waals surface area contributed by atoms with E-state index in [1.165, 1.54) is 0 Å². The van der Waals surface area contributed by atoms with Crippen molar-refractivity contribution in [2.24, 2.45) is 0 Å². The van der Waals surface area contributed by atoms with Crippen LogP contribution in [0.3, 0.4) is 0 Å². The Morgan fingerprint density at radius 1 is 0.840 bits per heavy atom. The summed E-state index contributed by atoms with van der Waals surface area (Å²) in [7, 11) is 3.10. The number of rotatable bonds is 18. The van der Waals surface area contributed by atoms with E-state index < -0.39 is 54.5 Å². The van der Waals surface area contributed by atoms with Crippen molar-refractivity contribution in [3.63, 3.8) is 0 Å². The second-order valence-corrected chi connectivity index (χ2v) is 11.4. The van der Waals surface area contributed by atoms with Gasteiger partial charge in [0, 0.05) is 25.2 Å². The van der Waals surface area contributed by atoms with Gasteiger partial charge in [0.15, 0.2) is 0 Å². The molecule has 1 heterocycles. The Morgan fingerprint density at radius 2 is 1.46 bits per heavy atom. The first-order valence-electron chi connectivity index (χ1n) is 16.0. The first-order chi connectivity index (χ1) is 24.2. The van der Waals surface area contributed by atoms with Crippen molar-refractivity contribution in [1.29, 1.82) is 0 Å². The van der Waals surface area contributed by atoms with E-state index in [2.05, 4.69) is 31.2 Å². The largest absolute Gasteiger partial charge is 0.497 e. The fourth-order valence-corrected chi connectivity index (χ4v) is 5.10. The summed E-state index contributed by atoms with van der Waals surface area (Å²) in [6.45, 7) is 1.92. The first kappa shape index (κ1) is 36.9. The van der Waals surface area contributed by atoms with Crippen molar-refractivity contribution in [2.75, 3.05) is 20.8 Å². The van der Waals surface area contributed by atoms with E-state index in [0.717, 1.165) is 16.8 Å². The van der Waals surface area contributed by atoms with Crippen molar-refractivity contribution in [1.82, 2.24) is 31.2 Å². The van der Waals surface area contributed by atoms with Crippen LogP contribution in [-0.2, 0) is 32.1 Å². The molecule has 3 amide bonds. The molecule has 0 spiro atoms. The van der Waals surface area contributed by atoms with Gasteiger partial charge in [-0.25, -0.2) is 14.6 Å². The van der Waals surface area contributed by atoms with Crippen molar-refractivity contribution in [3.8, 4) is 11.5 Å². The summed E-state index contributed by atoms with van der Waals surface area (Å²) in [5, 5.41) is 21.0. The lowest BCUT2D eigenvalue weighted by atomic mass is 9.98. The van der Waals surface area contributed by atoms with E-state index in [0.29, 0.717) is 30.0 Å². The minimum absolute atomic E-state index is 0.0844. The number of methoxy groups -OCH3 is 2. The fraction of sp³-hybridized carbons (Fsp3) is 0.306. The molecular weight excluding hydrogens is 644 g/mol. The summed E-state index contributed by atoms with van der Waals surface area (Å²) in [4.78, 5) is 59.5. The van der Waals surface area contributed by atoms with Gasteiger partial charge in [0.25, 0.3) is 0 Å². The van der Waals surface area contributed by atoms with Crippen LogP contribution in [0.1, 0.15) is 41.8 Å². The molecule has 0 unspecified atom stereocenters. The second-order valence-electron chi connectivity index (χ2n) is 11.4. The van der Waals surface area contributed by atoms with Crippen LogP contribution >= 0.6 is 0 Å². The molecule has 0 aliphatic heterocycles. The van der Waals surface area contributed by atoms with Crippen LogP contribution in [0.2, 0.25) is 0 Å². The normalized spacial score (nSPS) is 12.6. The Balaban J connectivity index is 1.51. The molecule has 0 fully saturated rings. The van der Waals surface area contributed by atoms with Crippen LogP contribution in [0.5, 0.6) is 11.5 Å². The molecule has 0 saturated heterocycles. The van der Waals surface area contributed by atoms with Gasteiger partial charge in [-0.1, -0.05) is 54.6 Å². The van der Waals surface area contributed by atoms with E-state index in [4.69, 9.17) is 14.2 Å². The van der Waals surface area contributed by atoms with Gasteiger partial charge in [0.05, 0.1) is 38.7 Å². The van der Waals surface area contributed by atoms with Crippen molar-refractivity contribution in [3.05, 3.63) is 114 Å². The standard InChI is InChI=1S/C36H42N6O8/c1-23(38-18-17-27-20-37-22-39-27)32(35(45)46)42-34(44)30(40-36(47)50-21-24-7-5-4-6-8-24)19-31(43)41-33(25-9-13-28(48-2)14-10-25)26-11-15-29(49-3)16-12-26/h4-16,20,22-23,30,32-33,38H,17-19,21H2,1-3H3,(H,37,39)(H,40,47)(H,41,43)(H,42,44)(H,45,46)/t23-,30+,32+/m1/s1. The first-order valence-corrected chi connectivity index (χ1v) is 16.0. The Hall–Kier alpha value is -5.89. The minimum atomic E-state index is -1.48. The number of carbonyl (C=O) groups is 4. The number of hydrogen-bond donors (Lipinski definition) is 6. The van der Waals surface area contributed by atoms with Gasteiger partial charge < -0.3 is 45.6 Å². The molecule has 0 bridgehead atoms. The number of imidazole rings is 1. The van der Waals surface area contributed by atoms with E-state index in [1.54, 1.807) is 106 Å². The number of aromatic amines is 1. The average molecular weight is 687 g/mol. The van der Waals surface area contributed by atoms with Crippen molar-refractivity contribution in [2.45, 2.75) is 50.5 Å². The summed E-state index contributed by atoms with van der Waals surface area (Å²) in [6, 6.07) is 18.9. The number of aromatic nitrogens is 2. The topological polar surface area (TPSA) is 193 Å². The lowest BCUT2D eigenvalue weighted by Crippen LogP contribution is -2.58. The van der Waals surface area contributed by atoms with Gasteiger partial charge in [-0.15, -0.1) is 0 Å². The molecule has 14 nitrogen and oxygen atoms in total. The van der Waals surface area contributed by atoms with Gasteiger partial charge in [-0.3, -0.25) is 9.59 Å². The van der Waals surface area contributed by atoms with E-state index in [9.17, 15) is 24.3 Å². The predicted octanol–water partition coefficient (Wildman–Crippen LogP) is 3.11. The number of alkyl carbamates (subject to hydrolysis) is 1. The Kier molecular flexibility index (Phi) is 13.7. The van der Waals surface area contributed by atoms with Crippen LogP contribution in [0, 0.1) is 0 Å². The molecule has 0 radical (unpaired) electrons. The Labute approximate surface area is 289 Å². The van der Waals surface area contributed by atoms with Gasteiger partial charge >= 0.3 is 12.1 Å². The number of benzene rings is 3. The van der Waals surface area contributed by atoms with Crippen LogP contribution in [0.25, 0.3) is 0 Å². The summed E-state index contributed by atoms with van der Waals surface area (Å²) >= 11 is 0. The Bertz CT molecular complexity index is 1620. The van der Waals surface area contributed by atoms with E-state index in [-0.39, 0.29) is 6.61 Å². The van der Waals surface area contributed by atoms with Gasteiger partial charge in [0.1, 0.15) is 30.2 Å². The number of H-pyrrole nitrogens is 1. The van der Waals surface area contributed by atoms with Gasteiger partial charge in [-0.05, 0) is 47.9 Å². The molecule has 264 valence electrons. The summed E-state index contributed by atoms with van der Waals surface area (Å²) < 4.78 is 15.9. The van der Waals surface area contributed by atoms with Gasteiger partial charge in [-0.2, -0.15) is 0 Å². The third kappa shape index (κ3) is 11.1. The minimum Gasteiger partial charge on any atom is -0.497 e. The van der Waals surface area contributed by atoms with Gasteiger partial charge in [0.2, 0.25) is 11.8 Å². The molecule has 4 aromatic rings. The highest BCUT2D eigenvalue weighted by Crippen LogP contribution is 2.26. The number of ether oxygens (including phenoxy) is 3. The molecular formula is C36H42N6O8. The maximum Gasteiger partial charge on any atom is 0.408 e. The van der Waals surface area contributed by atoms with Crippen LogP contribution < -0.4 is 30.7 Å². The maximum atomic E-state index is 13.7. The van der Waals surface area contributed by atoms with Crippen molar-refractivity contribution < 1.29 is 38.5 Å². The summed E-state index contributed by atoms with van der Waals surface area (Å²) in [5.74, 6) is -1.52. The smallest absolute Gasteiger partial charge is 0.408 e. The van der Waals surface area contributed by atoms with E-state index in [1.807, 2.05) is 6.07 Å². The number of carboxylic acids is 1. The second kappa shape index (κ2) is 18.6. The summed E-state index contributed by atoms with van der Waals surface area (Å²) in [5.41, 5.74) is 2.94. The lowest BCUT2D eigenvalue weighted by molar-refractivity contribution is -0.143. The monoisotopic (exact) mass is 686 g/mol. The van der Waals surface area contributed by atoms with Crippen LogP contribution in [0.15, 0.2) is 91.4 Å². The molecule has 0 aliphatic rings. The zero-order valence-corrected chi connectivity index (χ0v) is 28.1. The number of nitrogens with one attached hydrogen (secondary N) is 5. The number of nitrogens with zero attached hydrogens (tertiary/aromatic N) is 1. The molecule has 4 rings (SSSR count). The number of carboxylic acid groups (broad SMARTS) is 1. The van der Waals surface area contributed by atoms with Crippen LogP contribution in [-0.4, -0.2) is 77.8 Å². The third-order valence-corrected chi connectivity index (χ3v) is 7.88. The molecule has 3 atom stereocenters. The average Bonchev–Trinajstić information content (AvgIpc) is 3.65. The molecule has 0 saturated carbocycles. The fourth-order valence-electron chi connectivity index (χ4n) is 5.10. The maximum absolute atomic E-state index is 13.7. The molecule has 3 aromatic carbocycles. The molecule has 1 aromatic heterocycles. The van der Waals surface area contributed by atoms with E-state index >= 15 is 0 Å². The highest BCUT2D eigenvalue weighted by atomic mass is 16.5. The van der Waals surface area contributed by atoms with Crippen LogP contribution in [0.4, 0.5) is 4.79 Å². The SMILES string of the molecule is COc1ccc(C(NC(=O)C[C@H](NC(=O)OCc2ccccc2)C(=O)N[C@H](C(=O)O)[C@@H](C)NCCc2c[nH]cn2)c2ccc(OC)cc2)cc1. The highest BCUT2D eigenvalue weighted by molar-refractivity contribution is 5.93. The summed E-state index contributed by atoms with van der Waals surface area (Å²) in [6.07, 6.45) is 2.32. The number of amides is 3. The quantitative estimate of drug-likeness (QED) is 0.0906. The molecule has 50 heavy (non-hydrogen) atoms. The van der Waals surface area contributed by atoms with Crippen molar-refractivity contribution >= 4 is 23.9 Å². The predicted molar refractivity (Wildman–Crippen MR) is 183 cm³/mol. The molecule has 0 aliphatic carbocycles. The third-order valence-electron chi connectivity index (χ3n) is 7.88. The zero-order valence-electron chi connectivity index (χ0n) is 28.1. The molecule has 14 heteroatoms. The Morgan fingerprint density at radius 3 is 2.00 bits per heavy atom. The number of carbonyl (C=O) groups excluding carboxylic acids is 3. The number of aliphatic carboxylic acids is 1. The zero-order chi connectivity index (χ0) is 35.9. The highest BCUT2D eigenvalue weighted by Gasteiger charge is 2.32.